The third-order valence-electron chi connectivity index (χ3n) is 5.69. The van der Waals surface area contributed by atoms with Crippen LogP contribution in [0.25, 0.3) is 0 Å². The standard InChI is InChI=1S/C15H26ClN2O2/c1-18(9-11(16)14-12(18)7-8-20-14)15(19)13(17)10-5-3-2-4-6-10/h10-14H,2-9,17H2,1H3/q+1. The second-order valence-electron chi connectivity index (χ2n) is 6.92. The molecule has 0 bridgehead atoms. The first kappa shape index (κ1) is 14.8. The number of hydrogen-bond donors (Lipinski definition) is 1. The molecular weight excluding hydrogens is 276 g/mol. The molecule has 5 unspecified atom stereocenters. The lowest BCUT2D eigenvalue weighted by Crippen LogP contribution is -2.61. The van der Waals surface area contributed by atoms with Crippen molar-refractivity contribution in [3.8, 4) is 0 Å². The lowest BCUT2D eigenvalue weighted by Gasteiger charge is -2.36. The molecule has 0 spiro atoms. The van der Waals surface area contributed by atoms with Crippen LogP contribution in [0.2, 0.25) is 0 Å². The van der Waals surface area contributed by atoms with Gasteiger partial charge in [-0.05, 0) is 18.8 Å². The summed E-state index contributed by atoms with van der Waals surface area (Å²) in [5.74, 6) is 0.543. The minimum Gasteiger partial charge on any atom is -0.370 e. The summed E-state index contributed by atoms with van der Waals surface area (Å²) in [7, 11) is 2.01. The monoisotopic (exact) mass is 301 g/mol. The van der Waals surface area contributed by atoms with E-state index in [0.717, 1.165) is 25.9 Å². The summed E-state index contributed by atoms with van der Waals surface area (Å²) in [6.45, 7) is 1.38. The number of halogens is 1. The van der Waals surface area contributed by atoms with E-state index in [1.165, 1.54) is 19.3 Å². The van der Waals surface area contributed by atoms with Crippen molar-refractivity contribution >= 4 is 17.5 Å². The number of carbonyl (C=O) groups excluding carboxylic acids is 1. The average molecular weight is 302 g/mol. The molecule has 114 valence electrons. The molecule has 1 aliphatic carbocycles. The summed E-state index contributed by atoms with van der Waals surface area (Å²) in [5, 5.41) is -0.0602. The molecule has 0 aromatic carbocycles. The number of hydrogen-bond acceptors (Lipinski definition) is 3. The Morgan fingerprint density at radius 3 is 2.70 bits per heavy atom. The fraction of sp³-hybridized carbons (Fsp3) is 0.933. The number of quaternary nitrogens is 1. The van der Waals surface area contributed by atoms with Crippen LogP contribution in [0.5, 0.6) is 0 Å². The molecule has 3 fully saturated rings. The van der Waals surface area contributed by atoms with Gasteiger partial charge in [0.25, 0.3) is 0 Å². The lowest BCUT2D eigenvalue weighted by molar-refractivity contribution is -0.847. The summed E-state index contributed by atoms with van der Waals surface area (Å²) in [5.41, 5.74) is 6.34. The first-order valence-electron chi connectivity index (χ1n) is 7.95. The first-order valence-corrected chi connectivity index (χ1v) is 8.38. The normalized spacial score (nSPS) is 43.5. The van der Waals surface area contributed by atoms with E-state index in [9.17, 15) is 4.79 Å². The van der Waals surface area contributed by atoms with Crippen molar-refractivity contribution in [1.82, 2.24) is 0 Å². The van der Waals surface area contributed by atoms with Crippen LogP contribution in [-0.2, 0) is 9.53 Å². The maximum absolute atomic E-state index is 13.0. The van der Waals surface area contributed by atoms with Gasteiger partial charge in [-0.1, -0.05) is 19.3 Å². The van der Waals surface area contributed by atoms with Crippen LogP contribution in [0.15, 0.2) is 0 Å². The average Bonchev–Trinajstić information content (AvgIpc) is 3.04. The van der Waals surface area contributed by atoms with Crippen molar-refractivity contribution in [2.24, 2.45) is 11.7 Å². The number of ether oxygens (including phenoxy) is 1. The van der Waals surface area contributed by atoms with Crippen LogP contribution in [0, 0.1) is 5.92 Å². The SMILES string of the molecule is C[N+]1(C(=O)C(N)C2CCCCC2)CC(Cl)C2OCCC21. The van der Waals surface area contributed by atoms with Crippen LogP contribution in [0.3, 0.4) is 0 Å². The van der Waals surface area contributed by atoms with E-state index >= 15 is 0 Å². The van der Waals surface area contributed by atoms with Gasteiger partial charge in [0.1, 0.15) is 30.1 Å². The van der Waals surface area contributed by atoms with Gasteiger partial charge in [-0.15, -0.1) is 11.6 Å². The number of rotatable bonds is 2. The van der Waals surface area contributed by atoms with Crippen molar-refractivity contribution in [3.63, 3.8) is 0 Å². The van der Waals surface area contributed by atoms with E-state index in [1.807, 2.05) is 7.05 Å². The van der Waals surface area contributed by atoms with Gasteiger partial charge < -0.3 is 10.5 Å². The molecule has 0 aromatic rings. The molecule has 3 aliphatic rings. The van der Waals surface area contributed by atoms with Gasteiger partial charge in [-0.25, -0.2) is 4.79 Å². The second kappa shape index (κ2) is 5.56. The minimum atomic E-state index is -0.330. The smallest absolute Gasteiger partial charge is 0.330 e. The molecule has 2 saturated heterocycles. The number of alkyl halides is 1. The minimum absolute atomic E-state index is 0.0316. The van der Waals surface area contributed by atoms with E-state index in [-0.39, 0.29) is 29.5 Å². The van der Waals surface area contributed by atoms with Crippen molar-refractivity contribution in [2.75, 3.05) is 20.2 Å². The number of likely N-dealkylation sites (N-methyl/N-ethyl adjacent to an activating group) is 1. The van der Waals surface area contributed by atoms with Crippen molar-refractivity contribution in [1.29, 1.82) is 0 Å². The molecule has 4 nitrogen and oxygen atoms in total. The molecule has 3 rings (SSSR count). The summed E-state index contributed by atoms with van der Waals surface area (Å²) < 4.78 is 6.10. The second-order valence-corrected chi connectivity index (χ2v) is 7.48. The molecule has 2 N–H and O–H groups in total. The van der Waals surface area contributed by atoms with E-state index in [2.05, 4.69) is 0 Å². The fourth-order valence-corrected chi connectivity index (χ4v) is 4.97. The Hall–Kier alpha value is -0.160. The van der Waals surface area contributed by atoms with E-state index in [4.69, 9.17) is 22.1 Å². The third-order valence-corrected chi connectivity index (χ3v) is 6.08. The molecular formula is C15H26ClN2O2+. The maximum atomic E-state index is 13.0. The van der Waals surface area contributed by atoms with Crippen molar-refractivity contribution in [3.05, 3.63) is 0 Å². The largest absolute Gasteiger partial charge is 0.370 e. The van der Waals surface area contributed by atoms with Gasteiger partial charge in [-0.3, -0.25) is 4.48 Å². The Morgan fingerprint density at radius 1 is 1.30 bits per heavy atom. The number of nitrogens with zero attached hydrogens (tertiary/aromatic N) is 1. The van der Waals surface area contributed by atoms with Crippen molar-refractivity contribution < 1.29 is 14.0 Å². The van der Waals surface area contributed by atoms with Crippen LogP contribution in [0.4, 0.5) is 0 Å². The molecule has 0 aromatic heterocycles. The Bertz CT molecular complexity index is 386. The number of likely N-dealkylation sites (tertiary alicyclic amines) is 1. The highest BCUT2D eigenvalue weighted by molar-refractivity contribution is 6.21. The van der Waals surface area contributed by atoms with Crippen LogP contribution in [-0.4, -0.2) is 54.2 Å². The van der Waals surface area contributed by atoms with Crippen LogP contribution < -0.4 is 5.73 Å². The molecule has 2 heterocycles. The van der Waals surface area contributed by atoms with Gasteiger partial charge >= 0.3 is 5.91 Å². The number of amides is 1. The van der Waals surface area contributed by atoms with Gasteiger partial charge in [0.05, 0.1) is 13.7 Å². The van der Waals surface area contributed by atoms with Crippen LogP contribution >= 0.6 is 11.6 Å². The maximum Gasteiger partial charge on any atom is 0.330 e. The predicted octanol–water partition coefficient (Wildman–Crippen LogP) is 1.65. The Morgan fingerprint density at radius 2 is 2.00 bits per heavy atom. The molecule has 2 aliphatic heterocycles. The lowest BCUT2D eigenvalue weighted by atomic mass is 9.83. The van der Waals surface area contributed by atoms with E-state index in [0.29, 0.717) is 16.9 Å². The zero-order valence-corrected chi connectivity index (χ0v) is 13.0. The zero-order valence-electron chi connectivity index (χ0n) is 12.3. The van der Waals surface area contributed by atoms with Gasteiger partial charge in [0.15, 0.2) is 0 Å². The highest BCUT2D eigenvalue weighted by Crippen LogP contribution is 2.39. The number of nitrogens with two attached hydrogens (primary N) is 1. The predicted molar refractivity (Wildman–Crippen MR) is 78.4 cm³/mol. The topological polar surface area (TPSA) is 52.3 Å². The highest BCUT2D eigenvalue weighted by Gasteiger charge is 2.59. The van der Waals surface area contributed by atoms with E-state index < -0.39 is 0 Å². The molecule has 0 radical (unpaired) electrons. The van der Waals surface area contributed by atoms with Crippen LogP contribution in [0.1, 0.15) is 38.5 Å². The van der Waals surface area contributed by atoms with Crippen molar-refractivity contribution in [2.45, 2.75) is 62.1 Å². The molecule has 5 heteroatoms. The number of fused-ring (bicyclic) bond motifs is 1. The van der Waals surface area contributed by atoms with Gasteiger partial charge in [0, 0.05) is 6.42 Å². The van der Waals surface area contributed by atoms with Gasteiger partial charge in [0.2, 0.25) is 0 Å². The Labute approximate surface area is 126 Å². The third kappa shape index (κ3) is 2.31. The fourth-order valence-electron chi connectivity index (χ4n) is 4.45. The highest BCUT2D eigenvalue weighted by atomic mass is 35.5. The summed E-state index contributed by atoms with van der Waals surface area (Å²) in [4.78, 5) is 13.0. The molecule has 5 atom stereocenters. The zero-order chi connectivity index (χ0) is 14.3. The quantitative estimate of drug-likeness (QED) is 0.623. The summed E-state index contributed by atoms with van der Waals surface area (Å²) >= 11 is 6.40. The Kier molecular flexibility index (Phi) is 4.10. The molecule has 1 amide bonds. The number of carbonyl (C=O) groups is 1. The summed E-state index contributed by atoms with van der Waals surface area (Å²) in [6.07, 6.45) is 6.86. The molecule has 20 heavy (non-hydrogen) atoms. The molecule has 1 saturated carbocycles. The van der Waals surface area contributed by atoms with Gasteiger partial charge in [-0.2, -0.15) is 0 Å². The first-order chi connectivity index (χ1) is 9.54. The Balaban J connectivity index is 1.75. The van der Waals surface area contributed by atoms with E-state index in [1.54, 1.807) is 0 Å². The summed E-state index contributed by atoms with van der Waals surface area (Å²) in [6, 6.07) is -0.122.